The van der Waals surface area contributed by atoms with E-state index in [9.17, 15) is 9.59 Å². The van der Waals surface area contributed by atoms with E-state index < -0.39 is 12.1 Å². The summed E-state index contributed by atoms with van der Waals surface area (Å²) in [5.74, 6) is -0.740. The number of amides is 1. The average Bonchev–Trinajstić information content (AvgIpc) is 2.68. The number of rotatable bonds is 5. The summed E-state index contributed by atoms with van der Waals surface area (Å²) in [6.45, 7) is 0. The molecule has 4 heteroatoms. The molecule has 0 saturated heterocycles. The van der Waals surface area contributed by atoms with Crippen molar-refractivity contribution in [2.45, 2.75) is 44.2 Å². The lowest BCUT2D eigenvalue weighted by Crippen LogP contribution is -2.40. The van der Waals surface area contributed by atoms with Crippen molar-refractivity contribution in [1.82, 2.24) is 5.32 Å². The Morgan fingerprint density at radius 2 is 1.48 bits per heavy atom. The fraction of sp³-hybridized carbons (Fsp3) is 0.333. The predicted molar refractivity (Wildman–Crippen MR) is 96.1 cm³/mol. The Balaban J connectivity index is 1.75. The van der Waals surface area contributed by atoms with Crippen LogP contribution in [0.15, 0.2) is 60.7 Å². The van der Waals surface area contributed by atoms with Gasteiger partial charge in [-0.2, -0.15) is 0 Å². The lowest BCUT2D eigenvalue weighted by molar-refractivity contribution is -0.131. The highest BCUT2D eigenvalue weighted by Gasteiger charge is 2.27. The molecule has 0 aliphatic heterocycles. The zero-order chi connectivity index (χ0) is 17.5. The van der Waals surface area contributed by atoms with Gasteiger partial charge in [0.1, 0.15) is 0 Å². The van der Waals surface area contributed by atoms with E-state index in [2.05, 4.69) is 5.32 Å². The molecule has 4 nitrogen and oxygen atoms in total. The van der Waals surface area contributed by atoms with Gasteiger partial charge in [-0.15, -0.1) is 0 Å². The fourth-order valence-electron chi connectivity index (χ4n) is 3.17. The van der Waals surface area contributed by atoms with E-state index in [0.29, 0.717) is 11.1 Å². The van der Waals surface area contributed by atoms with Gasteiger partial charge in [0.15, 0.2) is 0 Å². The molecule has 1 fully saturated rings. The minimum atomic E-state index is -0.934. The third-order valence-corrected chi connectivity index (χ3v) is 4.53. The largest absolute Gasteiger partial charge is 0.444 e. The molecule has 25 heavy (non-hydrogen) atoms. The number of nitrogens with one attached hydrogen (secondary N) is 1. The first-order valence-corrected chi connectivity index (χ1v) is 8.85. The maximum absolute atomic E-state index is 12.8. The van der Waals surface area contributed by atoms with Crippen molar-refractivity contribution < 1.29 is 14.3 Å². The van der Waals surface area contributed by atoms with Crippen LogP contribution in [0.25, 0.3) is 0 Å². The van der Waals surface area contributed by atoms with Gasteiger partial charge in [0.25, 0.3) is 5.91 Å². The minimum Gasteiger partial charge on any atom is -0.444 e. The third-order valence-electron chi connectivity index (χ3n) is 4.53. The third kappa shape index (κ3) is 4.69. The van der Waals surface area contributed by atoms with Gasteiger partial charge in [-0.3, -0.25) is 4.79 Å². The fourth-order valence-corrected chi connectivity index (χ4v) is 3.17. The smallest absolute Gasteiger partial charge is 0.339 e. The predicted octanol–water partition coefficient (Wildman–Crippen LogP) is 4.03. The van der Waals surface area contributed by atoms with Crippen molar-refractivity contribution in [3.05, 3.63) is 71.8 Å². The topological polar surface area (TPSA) is 55.4 Å². The summed E-state index contributed by atoms with van der Waals surface area (Å²) in [6.07, 6.45) is 4.52. The van der Waals surface area contributed by atoms with Crippen LogP contribution in [0.4, 0.5) is 0 Å². The number of esters is 1. The summed E-state index contributed by atoms with van der Waals surface area (Å²) in [6, 6.07) is 18.1. The van der Waals surface area contributed by atoms with Crippen molar-refractivity contribution in [3.8, 4) is 0 Å². The van der Waals surface area contributed by atoms with Gasteiger partial charge in [-0.1, -0.05) is 67.8 Å². The van der Waals surface area contributed by atoms with Gasteiger partial charge in [0.05, 0.1) is 5.56 Å². The lowest BCUT2D eigenvalue weighted by Gasteiger charge is -2.25. The van der Waals surface area contributed by atoms with E-state index in [4.69, 9.17) is 4.74 Å². The number of hydrogen-bond acceptors (Lipinski definition) is 3. The number of carbonyl (C=O) groups excluding carboxylic acids is 2. The van der Waals surface area contributed by atoms with Crippen LogP contribution in [0.5, 0.6) is 0 Å². The van der Waals surface area contributed by atoms with E-state index in [1.165, 1.54) is 6.42 Å². The molecule has 0 bridgehead atoms. The van der Waals surface area contributed by atoms with Gasteiger partial charge >= 0.3 is 5.97 Å². The Hall–Kier alpha value is -2.62. The average molecular weight is 337 g/mol. The summed E-state index contributed by atoms with van der Waals surface area (Å²) in [5, 5.41) is 3.06. The molecule has 130 valence electrons. The SMILES string of the molecule is O=C(OC(C(=O)NC1CCCCC1)c1ccccc1)c1ccccc1. The second-order valence-electron chi connectivity index (χ2n) is 6.41. The van der Waals surface area contributed by atoms with Crippen molar-refractivity contribution in [1.29, 1.82) is 0 Å². The van der Waals surface area contributed by atoms with Crippen LogP contribution in [0.2, 0.25) is 0 Å². The molecular formula is C21H23NO3. The molecule has 1 N–H and O–H groups in total. The highest BCUT2D eigenvalue weighted by atomic mass is 16.5. The van der Waals surface area contributed by atoms with E-state index >= 15 is 0 Å². The van der Waals surface area contributed by atoms with Crippen LogP contribution < -0.4 is 5.32 Å². The lowest BCUT2D eigenvalue weighted by atomic mass is 9.95. The maximum Gasteiger partial charge on any atom is 0.339 e. The Labute approximate surface area is 148 Å². The molecule has 3 rings (SSSR count). The van der Waals surface area contributed by atoms with Crippen LogP contribution in [-0.4, -0.2) is 17.9 Å². The highest BCUT2D eigenvalue weighted by Crippen LogP contribution is 2.22. The van der Waals surface area contributed by atoms with Crippen LogP contribution >= 0.6 is 0 Å². The monoisotopic (exact) mass is 337 g/mol. The molecule has 2 aromatic carbocycles. The molecule has 1 amide bonds. The van der Waals surface area contributed by atoms with Crippen molar-refractivity contribution in [2.24, 2.45) is 0 Å². The molecule has 0 heterocycles. The Bertz CT molecular complexity index is 694. The number of carbonyl (C=O) groups is 2. The first kappa shape index (κ1) is 17.2. The van der Waals surface area contributed by atoms with Gasteiger partial charge in [0, 0.05) is 11.6 Å². The quantitative estimate of drug-likeness (QED) is 0.838. The highest BCUT2D eigenvalue weighted by molar-refractivity contribution is 5.92. The van der Waals surface area contributed by atoms with Crippen molar-refractivity contribution in [2.75, 3.05) is 0 Å². The molecule has 0 spiro atoms. The van der Waals surface area contributed by atoms with Crippen LogP contribution in [-0.2, 0) is 9.53 Å². The molecule has 2 aromatic rings. The first-order chi connectivity index (χ1) is 12.2. The summed E-state index contributed by atoms with van der Waals surface area (Å²) >= 11 is 0. The van der Waals surface area contributed by atoms with Crippen molar-refractivity contribution >= 4 is 11.9 Å². The van der Waals surface area contributed by atoms with Crippen LogP contribution in [0.3, 0.4) is 0 Å². The number of hydrogen-bond donors (Lipinski definition) is 1. The normalized spacial score (nSPS) is 16.0. The summed E-state index contributed by atoms with van der Waals surface area (Å²) in [4.78, 5) is 25.2. The Morgan fingerprint density at radius 1 is 0.880 bits per heavy atom. The van der Waals surface area contributed by atoms with E-state index in [1.54, 1.807) is 24.3 Å². The van der Waals surface area contributed by atoms with Gasteiger partial charge in [-0.05, 0) is 25.0 Å². The maximum atomic E-state index is 12.8. The minimum absolute atomic E-state index is 0.169. The van der Waals surface area contributed by atoms with Gasteiger partial charge in [-0.25, -0.2) is 4.79 Å². The second-order valence-corrected chi connectivity index (χ2v) is 6.41. The Morgan fingerprint density at radius 3 is 2.12 bits per heavy atom. The Kier molecular flexibility index (Phi) is 5.83. The standard InChI is InChI=1S/C21H23NO3/c23-20(22-18-14-8-3-9-15-18)19(16-10-4-1-5-11-16)25-21(24)17-12-6-2-7-13-17/h1-2,4-7,10-13,18-19H,3,8-9,14-15H2,(H,22,23). The van der Waals surface area contributed by atoms with Crippen LogP contribution in [0, 0.1) is 0 Å². The molecule has 1 unspecified atom stereocenters. The molecule has 0 radical (unpaired) electrons. The number of ether oxygens (including phenoxy) is 1. The zero-order valence-electron chi connectivity index (χ0n) is 14.2. The van der Waals surface area contributed by atoms with Crippen molar-refractivity contribution in [3.63, 3.8) is 0 Å². The van der Waals surface area contributed by atoms with Gasteiger partial charge in [0.2, 0.25) is 6.10 Å². The first-order valence-electron chi connectivity index (χ1n) is 8.85. The molecule has 1 saturated carbocycles. The molecule has 0 aromatic heterocycles. The van der Waals surface area contributed by atoms with Crippen LogP contribution in [0.1, 0.15) is 54.1 Å². The van der Waals surface area contributed by atoms with E-state index in [0.717, 1.165) is 25.7 Å². The molecular weight excluding hydrogens is 314 g/mol. The van der Waals surface area contributed by atoms with Gasteiger partial charge < -0.3 is 10.1 Å². The summed E-state index contributed by atoms with van der Waals surface area (Å²) < 4.78 is 5.57. The van der Waals surface area contributed by atoms with E-state index in [-0.39, 0.29) is 11.9 Å². The molecule has 1 atom stereocenters. The summed E-state index contributed by atoms with van der Waals surface area (Å²) in [7, 11) is 0. The molecule has 1 aliphatic rings. The summed E-state index contributed by atoms with van der Waals surface area (Å²) in [5.41, 5.74) is 1.12. The van der Waals surface area contributed by atoms with E-state index in [1.807, 2.05) is 36.4 Å². The zero-order valence-corrected chi connectivity index (χ0v) is 14.2. The second kappa shape index (κ2) is 8.47. The number of benzene rings is 2. The molecule has 1 aliphatic carbocycles.